The van der Waals surface area contributed by atoms with Gasteiger partial charge in [0.25, 0.3) is 0 Å². The molecule has 88 valence electrons. The van der Waals surface area contributed by atoms with Crippen LogP contribution in [-0.2, 0) is 9.59 Å². The zero-order valence-electron chi connectivity index (χ0n) is 9.99. The normalized spacial score (nSPS) is 14.7. The van der Waals surface area contributed by atoms with E-state index in [1.807, 2.05) is 27.7 Å². The molecule has 4 heteroatoms. The summed E-state index contributed by atoms with van der Waals surface area (Å²) in [4.78, 5) is 23.8. The summed E-state index contributed by atoms with van der Waals surface area (Å²) in [6, 6.07) is -0.0925. The Labute approximate surface area is 91.3 Å². The fraction of sp³-hybridized carbons (Fsp3) is 0.818. The Kier molecular flexibility index (Phi) is 5.33. The van der Waals surface area contributed by atoms with Crippen molar-refractivity contribution in [3.63, 3.8) is 0 Å². The molecular weight excluding hydrogens is 194 g/mol. The van der Waals surface area contributed by atoms with Gasteiger partial charge in [-0.25, -0.2) is 4.79 Å². The summed E-state index contributed by atoms with van der Waals surface area (Å²) in [6.07, 6.45) is 2.33. The second-order valence-electron chi connectivity index (χ2n) is 4.05. The quantitative estimate of drug-likeness (QED) is 0.660. The molecular formula is C11H21NO3. The molecule has 0 bridgehead atoms. The molecule has 0 fully saturated rings. The van der Waals surface area contributed by atoms with Gasteiger partial charge in [-0.3, -0.25) is 4.79 Å². The van der Waals surface area contributed by atoms with E-state index >= 15 is 0 Å². The van der Waals surface area contributed by atoms with Crippen molar-refractivity contribution >= 4 is 12.4 Å². The minimum absolute atomic E-state index is 0.0925. The third-order valence-corrected chi connectivity index (χ3v) is 2.81. The molecule has 0 aromatic rings. The molecule has 0 saturated heterocycles. The summed E-state index contributed by atoms with van der Waals surface area (Å²) < 4.78 is 0. The fourth-order valence-corrected chi connectivity index (χ4v) is 1.99. The average Bonchev–Trinajstić information content (AvgIpc) is 2.16. The number of carbonyl (C=O) groups excluding carboxylic acids is 1. The van der Waals surface area contributed by atoms with E-state index in [4.69, 9.17) is 0 Å². The highest BCUT2D eigenvalue weighted by molar-refractivity contribution is 5.81. The lowest BCUT2D eigenvalue weighted by Gasteiger charge is -2.40. The molecule has 0 aromatic carbocycles. The first-order valence-electron chi connectivity index (χ1n) is 5.43. The van der Waals surface area contributed by atoms with Gasteiger partial charge in [0.1, 0.15) is 5.54 Å². The predicted octanol–water partition coefficient (Wildman–Crippen LogP) is 1.89. The van der Waals surface area contributed by atoms with Crippen LogP contribution >= 0.6 is 0 Å². The lowest BCUT2D eigenvalue weighted by atomic mass is 9.88. The first kappa shape index (κ1) is 13.9. The Balaban J connectivity index is 5.19. The summed E-state index contributed by atoms with van der Waals surface area (Å²) in [7, 11) is 0. The van der Waals surface area contributed by atoms with E-state index in [1.54, 1.807) is 0 Å². The van der Waals surface area contributed by atoms with Crippen molar-refractivity contribution in [2.24, 2.45) is 0 Å². The lowest BCUT2D eigenvalue weighted by molar-refractivity contribution is -0.158. The molecule has 0 radical (unpaired) electrons. The van der Waals surface area contributed by atoms with Crippen LogP contribution in [0.3, 0.4) is 0 Å². The van der Waals surface area contributed by atoms with Crippen molar-refractivity contribution in [1.82, 2.24) is 4.90 Å². The molecule has 15 heavy (non-hydrogen) atoms. The first-order chi connectivity index (χ1) is 6.96. The number of amides is 1. The third-order valence-electron chi connectivity index (χ3n) is 2.81. The van der Waals surface area contributed by atoms with Crippen LogP contribution in [-0.4, -0.2) is 34.0 Å². The molecule has 0 spiro atoms. The van der Waals surface area contributed by atoms with E-state index in [-0.39, 0.29) is 6.04 Å². The van der Waals surface area contributed by atoms with Gasteiger partial charge in [0.15, 0.2) is 0 Å². The highest BCUT2D eigenvalue weighted by Crippen LogP contribution is 2.27. The topological polar surface area (TPSA) is 57.6 Å². The standard InChI is InChI=1S/C11H21NO3/c1-5-7-11(6-2,10(14)15)12(8-13)9(3)4/h8-9H,5-7H2,1-4H3,(H,14,15). The number of carboxylic acid groups (broad SMARTS) is 1. The minimum Gasteiger partial charge on any atom is -0.479 e. The number of nitrogens with zero attached hydrogens (tertiary/aromatic N) is 1. The zero-order valence-corrected chi connectivity index (χ0v) is 9.99. The molecule has 0 saturated carbocycles. The second-order valence-corrected chi connectivity index (χ2v) is 4.05. The number of carboxylic acids is 1. The zero-order chi connectivity index (χ0) is 12.1. The molecule has 0 aliphatic heterocycles. The van der Waals surface area contributed by atoms with E-state index < -0.39 is 11.5 Å². The molecule has 0 rings (SSSR count). The van der Waals surface area contributed by atoms with E-state index in [1.165, 1.54) is 4.90 Å². The van der Waals surface area contributed by atoms with Gasteiger partial charge in [0, 0.05) is 6.04 Å². The van der Waals surface area contributed by atoms with Crippen LogP contribution in [0, 0.1) is 0 Å². The van der Waals surface area contributed by atoms with Crippen molar-refractivity contribution < 1.29 is 14.7 Å². The van der Waals surface area contributed by atoms with E-state index in [0.717, 1.165) is 6.42 Å². The van der Waals surface area contributed by atoms with Crippen LogP contribution in [0.25, 0.3) is 0 Å². The molecule has 0 aliphatic rings. The summed E-state index contributed by atoms with van der Waals surface area (Å²) in [5.74, 6) is -0.910. The fourth-order valence-electron chi connectivity index (χ4n) is 1.99. The van der Waals surface area contributed by atoms with Crippen molar-refractivity contribution in [3.05, 3.63) is 0 Å². The van der Waals surface area contributed by atoms with E-state index in [2.05, 4.69) is 0 Å². The Morgan fingerprint density at radius 2 is 2.00 bits per heavy atom. The van der Waals surface area contributed by atoms with Gasteiger partial charge in [0.05, 0.1) is 0 Å². The molecule has 1 unspecified atom stereocenters. The van der Waals surface area contributed by atoms with Crippen LogP contribution < -0.4 is 0 Å². The summed E-state index contributed by atoms with van der Waals surface area (Å²) in [5.41, 5.74) is -1.04. The molecule has 4 nitrogen and oxygen atoms in total. The van der Waals surface area contributed by atoms with Crippen molar-refractivity contribution in [2.75, 3.05) is 0 Å². The molecule has 1 amide bonds. The SMILES string of the molecule is CCCC(CC)(C(=O)O)N(C=O)C(C)C. The highest BCUT2D eigenvalue weighted by Gasteiger charge is 2.42. The molecule has 1 atom stereocenters. The maximum atomic E-state index is 11.3. The maximum Gasteiger partial charge on any atom is 0.329 e. The van der Waals surface area contributed by atoms with Gasteiger partial charge < -0.3 is 10.0 Å². The third kappa shape index (κ3) is 2.70. The molecule has 1 N–H and O–H groups in total. The Morgan fingerprint density at radius 3 is 2.20 bits per heavy atom. The lowest BCUT2D eigenvalue weighted by Crippen LogP contribution is -2.56. The number of hydrogen-bond donors (Lipinski definition) is 1. The second kappa shape index (κ2) is 5.73. The number of carbonyl (C=O) groups is 2. The maximum absolute atomic E-state index is 11.3. The van der Waals surface area contributed by atoms with Gasteiger partial charge in [0.2, 0.25) is 6.41 Å². The first-order valence-corrected chi connectivity index (χ1v) is 5.43. The van der Waals surface area contributed by atoms with Gasteiger partial charge in [-0.2, -0.15) is 0 Å². The average molecular weight is 215 g/mol. The largest absolute Gasteiger partial charge is 0.479 e. The van der Waals surface area contributed by atoms with Crippen LogP contribution in [0.5, 0.6) is 0 Å². The molecule has 0 aliphatic carbocycles. The summed E-state index contributed by atoms with van der Waals surface area (Å²) >= 11 is 0. The summed E-state index contributed by atoms with van der Waals surface area (Å²) in [5, 5.41) is 9.30. The smallest absolute Gasteiger partial charge is 0.329 e. The van der Waals surface area contributed by atoms with Crippen molar-refractivity contribution in [3.8, 4) is 0 Å². The van der Waals surface area contributed by atoms with Crippen molar-refractivity contribution in [1.29, 1.82) is 0 Å². The van der Waals surface area contributed by atoms with Gasteiger partial charge in [-0.05, 0) is 26.7 Å². The number of hydrogen-bond acceptors (Lipinski definition) is 2. The molecule has 0 aromatic heterocycles. The monoisotopic (exact) mass is 215 g/mol. The van der Waals surface area contributed by atoms with E-state index in [9.17, 15) is 14.7 Å². The van der Waals surface area contributed by atoms with Crippen LogP contribution in [0.15, 0.2) is 0 Å². The van der Waals surface area contributed by atoms with Crippen LogP contribution in [0.2, 0.25) is 0 Å². The Hall–Kier alpha value is -1.06. The highest BCUT2D eigenvalue weighted by atomic mass is 16.4. The molecule has 0 heterocycles. The van der Waals surface area contributed by atoms with Gasteiger partial charge in [-0.1, -0.05) is 20.3 Å². The van der Waals surface area contributed by atoms with Crippen LogP contribution in [0.4, 0.5) is 0 Å². The van der Waals surface area contributed by atoms with Gasteiger partial charge in [-0.15, -0.1) is 0 Å². The van der Waals surface area contributed by atoms with Crippen molar-refractivity contribution in [2.45, 2.75) is 58.5 Å². The Morgan fingerprint density at radius 1 is 1.47 bits per heavy atom. The minimum atomic E-state index is -1.04. The summed E-state index contributed by atoms with van der Waals surface area (Å²) in [6.45, 7) is 7.40. The Bertz CT molecular complexity index is 228. The predicted molar refractivity (Wildman–Crippen MR) is 58.6 cm³/mol. The van der Waals surface area contributed by atoms with E-state index in [0.29, 0.717) is 19.3 Å². The van der Waals surface area contributed by atoms with Crippen LogP contribution in [0.1, 0.15) is 47.0 Å². The number of rotatable bonds is 7. The van der Waals surface area contributed by atoms with Gasteiger partial charge >= 0.3 is 5.97 Å². The number of aliphatic carboxylic acids is 1.